The van der Waals surface area contributed by atoms with E-state index in [1.54, 1.807) is 11.3 Å². The summed E-state index contributed by atoms with van der Waals surface area (Å²) in [5, 5.41) is 4.65. The zero-order valence-electron chi connectivity index (χ0n) is 13.6. The lowest BCUT2D eigenvalue weighted by atomic mass is 10.1. The number of benzene rings is 2. The summed E-state index contributed by atoms with van der Waals surface area (Å²) in [5.74, 6) is 0. The number of fused-ring (bicyclic) bond motifs is 2. The van der Waals surface area contributed by atoms with Gasteiger partial charge in [-0.2, -0.15) is 0 Å². The first-order chi connectivity index (χ1) is 12.4. The lowest BCUT2D eigenvalue weighted by Crippen LogP contribution is -2.06. The van der Waals surface area contributed by atoms with Gasteiger partial charge < -0.3 is 5.32 Å². The molecular formula is C21H17N3S. The van der Waals surface area contributed by atoms with Crippen molar-refractivity contribution in [3.05, 3.63) is 78.1 Å². The number of hydrogen-bond donors (Lipinski definition) is 1. The van der Waals surface area contributed by atoms with Crippen LogP contribution in [0.2, 0.25) is 0 Å². The van der Waals surface area contributed by atoms with E-state index in [0.717, 1.165) is 23.5 Å². The molecule has 3 nitrogen and oxygen atoms in total. The normalized spacial score (nSPS) is 16.1. The van der Waals surface area contributed by atoms with E-state index < -0.39 is 0 Å². The molecule has 0 aliphatic heterocycles. The third-order valence-electron chi connectivity index (χ3n) is 4.83. The first-order valence-corrected chi connectivity index (χ1v) is 9.34. The van der Waals surface area contributed by atoms with Crippen LogP contribution in [-0.2, 0) is 6.42 Å². The highest BCUT2D eigenvalue weighted by atomic mass is 32.1. The van der Waals surface area contributed by atoms with Crippen molar-refractivity contribution >= 4 is 26.7 Å². The van der Waals surface area contributed by atoms with Crippen molar-refractivity contribution in [2.24, 2.45) is 0 Å². The van der Waals surface area contributed by atoms with E-state index in [0.29, 0.717) is 6.04 Å². The highest BCUT2D eigenvalue weighted by Crippen LogP contribution is 2.36. The van der Waals surface area contributed by atoms with Crippen molar-refractivity contribution in [1.29, 1.82) is 0 Å². The van der Waals surface area contributed by atoms with Crippen LogP contribution >= 0.6 is 11.3 Å². The van der Waals surface area contributed by atoms with E-state index in [1.165, 1.54) is 27.0 Å². The molecule has 1 unspecified atom stereocenters. The molecule has 0 saturated carbocycles. The summed E-state index contributed by atoms with van der Waals surface area (Å²) in [6.45, 7) is 0. The van der Waals surface area contributed by atoms with Crippen LogP contribution in [0.4, 0.5) is 5.13 Å². The molecule has 4 heteroatoms. The molecule has 2 heterocycles. The quantitative estimate of drug-likeness (QED) is 0.537. The minimum atomic E-state index is 0.372. The van der Waals surface area contributed by atoms with Crippen LogP contribution in [0.25, 0.3) is 21.3 Å². The lowest BCUT2D eigenvalue weighted by Gasteiger charge is -2.12. The summed E-state index contributed by atoms with van der Waals surface area (Å²) in [6.07, 6.45) is 5.94. The average Bonchev–Trinajstić information content (AvgIpc) is 3.26. The Balaban J connectivity index is 1.45. The molecule has 4 aromatic rings. The van der Waals surface area contributed by atoms with Crippen LogP contribution in [0.15, 0.2) is 67.0 Å². The van der Waals surface area contributed by atoms with E-state index >= 15 is 0 Å². The van der Waals surface area contributed by atoms with Gasteiger partial charge in [-0.25, -0.2) is 4.98 Å². The molecule has 0 spiro atoms. The Hall–Kier alpha value is -2.72. The summed E-state index contributed by atoms with van der Waals surface area (Å²) >= 11 is 1.73. The number of rotatable bonds is 3. The fourth-order valence-electron chi connectivity index (χ4n) is 3.57. The highest BCUT2D eigenvalue weighted by molar-refractivity contribution is 7.22. The van der Waals surface area contributed by atoms with E-state index in [1.807, 2.05) is 24.5 Å². The van der Waals surface area contributed by atoms with Gasteiger partial charge >= 0.3 is 0 Å². The van der Waals surface area contributed by atoms with Gasteiger partial charge in [-0.1, -0.05) is 41.7 Å². The minimum absolute atomic E-state index is 0.372. The van der Waals surface area contributed by atoms with Gasteiger partial charge in [0.1, 0.15) is 0 Å². The maximum atomic E-state index is 4.78. The Morgan fingerprint density at radius 3 is 2.76 bits per heavy atom. The van der Waals surface area contributed by atoms with Gasteiger partial charge in [-0.05, 0) is 59.4 Å². The van der Waals surface area contributed by atoms with Gasteiger partial charge in [-0.3, -0.25) is 4.98 Å². The summed E-state index contributed by atoms with van der Waals surface area (Å²) in [7, 11) is 0. The molecule has 1 atom stereocenters. The van der Waals surface area contributed by atoms with Crippen LogP contribution < -0.4 is 5.32 Å². The van der Waals surface area contributed by atoms with Crippen LogP contribution in [0.3, 0.4) is 0 Å². The molecule has 2 aromatic carbocycles. The van der Waals surface area contributed by atoms with E-state index in [-0.39, 0.29) is 0 Å². The van der Waals surface area contributed by atoms with Crippen molar-refractivity contribution in [1.82, 2.24) is 9.97 Å². The summed E-state index contributed by atoms with van der Waals surface area (Å²) in [5.41, 5.74) is 6.32. The van der Waals surface area contributed by atoms with Gasteiger partial charge in [0.25, 0.3) is 0 Å². The van der Waals surface area contributed by atoms with Crippen LogP contribution in [0, 0.1) is 0 Å². The molecular weight excluding hydrogens is 326 g/mol. The van der Waals surface area contributed by atoms with Gasteiger partial charge in [-0.15, -0.1) is 0 Å². The Labute approximate surface area is 150 Å². The number of anilines is 1. The van der Waals surface area contributed by atoms with Gasteiger partial charge in [0.05, 0.1) is 16.3 Å². The standard InChI is InChI=1S/C21H17N3S/c1-2-4-17-15(3-1)5-7-18(17)23-21-24-19-8-6-16(13-20(19)25-21)14-9-11-22-12-10-14/h1-4,6,8-13,18H,5,7H2,(H,23,24). The molecule has 0 fully saturated rings. The van der Waals surface area contributed by atoms with Crippen LogP contribution in [-0.4, -0.2) is 9.97 Å². The van der Waals surface area contributed by atoms with Crippen molar-refractivity contribution in [2.75, 3.05) is 5.32 Å². The van der Waals surface area contributed by atoms with Crippen molar-refractivity contribution in [3.63, 3.8) is 0 Å². The fourth-order valence-corrected chi connectivity index (χ4v) is 4.52. The second-order valence-corrected chi connectivity index (χ2v) is 7.40. The lowest BCUT2D eigenvalue weighted by molar-refractivity contribution is 0.761. The van der Waals surface area contributed by atoms with E-state index in [2.05, 4.69) is 52.8 Å². The molecule has 0 bridgehead atoms. The molecule has 1 aliphatic carbocycles. The number of hydrogen-bond acceptors (Lipinski definition) is 4. The van der Waals surface area contributed by atoms with E-state index in [9.17, 15) is 0 Å². The van der Waals surface area contributed by atoms with Gasteiger partial charge in [0.15, 0.2) is 5.13 Å². The maximum Gasteiger partial charge on any atom is 0.184 e. The van der Waals surface area contributed by atoms with Gasteiger partial charge in [0, 0.05) is 12.4 Å². The third-order valence-corrected chi connectivity index (χ3v) is 5.78. The molecule has 0 amide bonds. The predicted molar refractivity (Wildman–Crippen MR) is 104 cm³/mol. The summed E-state index contributed by atoms with van der Waals surface area (Å²) in [6, 6.07) is 19.6. The van der Waals surface area contributed by atoms with Crippen LogP contribution in [0.5, 0.6) is 0 Å². The first-order valence-electron chi connectivity index (χ1n) is 8.52. The topological polar surface area (TPSA) is 37.8 Å². The average molecular weight is 343 g/mol. The largest absolute Gasteiger partial charge is 0.355 e. The molecule has 0 radical (unpaired) electrons. The molecule has 1 N–H and O–H groups in total. The second-order valence-electron chi connectivity index (χ2n) is 6.37. The molecule has 122 valence electrons. The number of aryl methyl sites for hydroxylation is 1. The Kier molecular flexibility index (Phi) is 3.49. The second kappa shape index (κ2) is 5.97. The monoisotopic (exact) mass is 343 g/mol. The minimum Gasteiger partial charge on any atom is -0.355 e. The Morgan fingerprint density at radius 1 is 0.960 bits per heavy atom. The van der Waals surface area contributed by atoms with Gasteiger partial charge in [0.2, 0.25) is 0 Å². The SMILES string of the molecule is c1ccc2c(c1)CCC2Nc1nc2ccc(-c3ccncc3)cc2s1. The summed E-state index contributed by atoms with van der Waals surface area (Å²) in [4.78, 5) is 8.87. The Bertz CT molecular complexity index is 1040. The zero-order chi connectivity index (χ0) is 16.6. The zero-order valence-corrected chi connectivity index (χ0v) is 14.5. The molecule has 5 rings (SSSR count). The molecule has 0 saturated heterocycles. The number of pyridine rings is 1. The van der Waals surface area contributed by atoms with Crippen molar-refractivity contribution in [2.45, 2.75) is 18.9 Å². The summed E-state index contributed by atoms with van der Waals surface area (Å²) < 4.78 is 1.21. The first kappa shape index (κ1) is 14.6. The van der Waals surface area contributed by atoms with Crippen molar-refractivity contribution < 1.29 is 0 Å². The fraction of sp³-hybridized carbons (Fsp3) is 0.143. The smallest absolute Gasteiger partial charge is 0.184 e. The number of nitrogens with zero attached hydrogens (tertiary/aromatic N) is 2. The third kappa shape index (κ3) is 2.68. The van der Waals surface area contributed by atoms with E-state index in [4.69, 9.17) is 4.98 Å². The van der Waals surface area contributed by atoms with Crippen molar-refractivity contribution in [3.8, 4) is 11.1 Å². The molecule has 1 aliphatic rings. The highest BCUT2D eigenvalue weighted by Gasteiger charge is 2.22. The number of nitrogens with one attached hydrogen (secondary N) is 1. The number of thiazole rings is 1. The predicted octanol–water partition coefficient (Wildman–Crippen LogP) is 5.46. The maximum absolute atomic E-state index is 4.78. The Morgan fingerprint density at radius 2 is 1.84 bits per heavy atom. The molecule has 2 aromatic heterocycles. The molecule has 25 heavy (non-hydrogen) atoms. The number of aromatic nitrogens is 2. The van der Waals surface area contributed by atoms with Crippen LogP contribution in [0.1, 0.15) is 23.6 Å².